The van der Waals surface area contributed by atoms with Crippen LogP contribution in [-0.4, -0.2) is 6.61 Å². The number of benzene rings is 2. The predicted octanol–water partition coefficient (Wildman–Crippen LogP) is 4.65. The second-order valence-corrected chi connectivity index (χ2v) is 4.51. The summed E-state index contributed by atoms with van der Waals surface area (Å²) >= 11 is 0. The van der Waals surface area contributed by atoms with Crippen molar-refractivity contribution in [3.05, 3.63) is 60.4 Å². The van der Waals surface area contributed by atoms with E-state index in [0.717, 1.165) is 16.7 Å². The van der Waals surface area contributed by atoms with Crippen LogP contribution in [0.15, 0.2) is 59.0 Å². The number of halogens is 2. The largest absolute Gasteiger partial charge is 0.459 e. The van der Waals surface area contributed by atoms with E-state index in [1.165, 1.54) is 12.1 Å². The highest BCUT2D eigenvalue weighted by Gasteiger charge is 2.06. The second kappa shape index (κ2) is 5.83. The third-order valence-corrected chi connectivity index (χ3v) is 3.00. The molecule has 21 heavy (non-hydrogen) atoms. The fraction of sp³-hybridized carbons (Fsp3) is 0.125. The van der Waals surface area contributed by atoms with E-state index in [2.05, 4.69) is 10.1 Å². The molecular formula is C16H13F2NO2. The van der Waals surface area contributed by atoms with Gasteiger partial charge in [-0.1, -0.05) is 24.3 Å². The molecule has 0 bridgehead atoms. The summed E-state index contributed by atoms with van der Waals surface area (Å²) in [6.45, 7) is -2.36. The average molecular weight is 289 g/mol. The van der Waals surface area contributed by atoms with Crippen LogP contribution in [0.4, 0.5) is 14.5 Å². The predicted molar refractivity (Wildman–Crippen MR) is 76.6 cm³/mol. The van der Waals surface area contributed by atoms with Crippen molar-refractivity contribution in [3.8, 4) is 5.75 Å². The first-order chi connectivity index (χ1) is 10.2. The van der Waals surface area contributed by atoms with Gasteiger partial charge in [0.15, 0.2) is 0 Å². The number of hydrogen-bond acceptors (Lipinski definition) is 3. The molecule has 3 nitrogen and oxygen atoms in total. The van der Waals surface area contributed by atoms with Crippen LogP contribution in [0.3, 0.4) is 0 Å². The topological polar surface area (TPSA) is 34.4 Å². The first-order valence-corrected chi connectivity index (χ1v) is 6.47. The average Bonchev–Trinajstić information content (AvgIpc) is 2.87. The zero-order valence-corrected chi connectivity index (χ0v) is 11.1. The van der Waals surface area contributed by atoms with Crippen LogP contribution in [0.1, 0.15) is 5.76 Å². The van der Waals surface area contributed by atoms with Crippen molar-refractivity contribution in [2.24, 2.45) is 0 Å². The Morgan fingerprint density at radius 1 is 1.05 bits per heavy atom. The fourth-order valence-corrected chi connectivity index (χ4v) is 2.10. The molecule has 0 aliphatic heterocycles. The summed E-state index contributed by atoms with van der Waals surface area (Å²) in [7, 11) is 0. The number of anilines is 1. The van der Waals surface area contributed by atoms with E-state index in [-0.39, 0.29) is 5.75 Å². The summed E-state index contributed by atoms with van der Waals surface area (Å²) in [5.41, 5.74) is 1.51. The Morgan fingerprint density at radius 3 is 2.71 bits per heavy atom. The molecule has 3 aromatic rings. The second-order valence-electron chi connectivity index (χ2n) is 4.51. The lowest BCUT2D eigenvalue weighted by Gasteiger charge is -2.08. The van der Waals surface area contributed by atoms with E-state index in [1.807, 2.05) is 30.3 Å². The molecule has 0 aliphatic rings. The van der Waals surface area contributed by atoms with E-state index in [0.29, 0.717) is 12.2 Å². The zero-order chi connectivity index (χ0) is 14.7. The Hall–Kier alpha value is -2.56. The lowest BCUT2D eigenvalue weighted by atomic mass is 10.2. The number of rotatable bonds is 5. The van der Waals surface area contributed by atoms with Gasteiger partial charge < -0.3 is 14.5 Å². The Kier molecular flexibility index (Phi) is 3.73. The van der Waals surface area contributed by atoms with E-state index >= 15 is 0 Å². The quantitative estimate of drug-likeness (QED) is 0.742. The SMILES string of the molecule is FC(F)Oc1cccc(NCc2cc3ccccc3o2)c1. The van der Waals surface area contributed by atoms with Crippen LogP contribution in [0.2, 0.25) is 0 Å². The summed E-state index contributed by atoms with van der Waals surface area (Å²) in [5.74, 6) is 0.899. The number of nitrogens with one attached hydrogen (secondary N) is 1. The molecular weight excluding hydrogens is 276 g/mol. The molecule has 1 heterocycles. The number of hydrogen-bond donors (Lipinski definition) is 1. The Morgan fingerprint density at radius 2 is 1.90 bits per heavy atom. The molecule has 0 saturated carbocycles. The fourth-order valence-electron chi connectivity index (χ4n) is 2.10. The number of ether oxygens (including phenoxy) is 1. The van der Waals surface area contributed by atoms with E-state index in [1.54, 1.807) is 12.1 Å². The summed E-state index contributed by atoms with van der Waals surface area (Å²) in [6, 6.07) is 16.1. The standard InChI is InChI=1S/C16H13F2NO2/c17-16(18)21-13-6-3-5-12(9-13)19-10-14-8-11-4-1-2-7-15(11)20-14/h1-9,16,19H,10H2. The van der Waals surface area contributed by atoms with Crippen molar-refractivity contribution in [2.45, 2.75) is 13.2 Å². The number of para-hydroxylation sites is 1. The molecule has 0 atom stereocenters. The third-order valence-electron chi connectivity index (χ3n) is 3.00. The molecule has 0 amide bonds. The highest BCUT2D eigenvalue weighted by molar-refractivity contribution is 5.77. The van der Waals surface area contributed by atoms with Crippen molar-refractivity contribution in [2.75, 3.05) is 5.32 Å². The van der Waals surface area contributed by atoms with E-state index < -0.39 is 6.61 Å². The number of alkyl halides is 2. The molecule has 5 heteroatoms. The molecule has 3 rings (SSSR count). The first-order valence-electron chi connectivity index (χ1n) is 6.47. The van der Waals surface area contributed by atoms with Gasteiger partial charge in [0.05, 0.1) is 6.54 Å². The lowest BCUT2D eigenvalue weighted by molar-refractivity contribution is -0.0498. The molecule has 0 unspecified atom stereocenters. The van der Waals surface area contributed by atoms with Gasteiger partial charge in [0.1, 0.15) is 17.1 Å². The molecule has 0 saturated heterocycles. The van der Waals surface area contributed by atoms with Gasteiger partial charge in [0.25, 0.3) is 0 Å². The van der Waals surface area contributed by atoms with Crippen LogP contribution in [0, 0.1) is 0 Å². The van der Waals surface area contributed by atoms with Crippen LogP contribution < -0.4 is 10.1 Å². The van der Waals surface area contributed by atoms with Crippen molar-refractivity contribution in [1.82, 2.24) is 0 Å². The zero-order valence-electron chi connectivity index (χ0n) is 11.1. The monoisotopic (exact) mass is 289 g/mol. The molecule has 0 spiro atoms. The van der Waals surface area contributed by atoms with Gasteiger partial charge in [-0.15, -0.1) is 0 Å². The highest BCUT2D eigenvalue weighted by Crippen LogP contribution is 2.22. The molecule has 0 fully saturated rings. The maximum atomic E-state index is 12.2. The van der Waals surface area contributed by atoms with Crippen molar-refractivity contribution in [3.63, 3.8) is 0 Å². The first kappa shape index (κ1) is 13.4. The molecule has 1 N–H and O–H groups in total. The van der Waals surface area contributed by atoms with Crippen molar-refractivity contribution in [1.29, 1.82) is 0 Å². The molecule has 0 radical (unpaired) electrons. The van der Waals surface area contributed by atoms with Crippen LogP contribution in [-0.2, 0) is 6.54 Å². The van der Waals surface area contributed by atoms with E-state index in [9.17, 15) is 8.78 Å². The van der Waals surface area contributed by atoms with Crippen molar-refractivity contribution < 1.29 is 17.9 Å². The Balaban J connectivity index is 1.69. The molecule has 0 aliphatic carbocycles. The summed E-state index contributed by atoms with van der Waals surface area (Å²) in [6.07, 6.45) is 0. The minimum absolute atomic E-state index is 0.125. The summed E-state index contributed by atoms with van der Waals surface area (Å²) in [4.78, 5) is 0. The summed E-state index contributed by atoms with van der Waals surface area (Å²) in [5, 5.41) is 4.15. The van der Waals surface area contributed by atoms with Crippen molar-refractivity contribution >= 4 is 16.7 Å². The van der Waals surface area contributed by atoms with Crippen LogP contribution >= 0.6 is 0 Å². The smallest absolute Gasteiger partial charge is 0.387 e. The highest BCUT2D eigenvalue weighted by atomic mass is 19.3. The number of fused-ring (bicyclic) bond motifs is 1. The van der Waals surface area contributed by atoms with Gasteiger partial charge in [-0.25, -0.2) is 0 Å². The van der Waals surface area contributed by atoms with Gasteiger partial charge in [0, 0.05) is 17.1 Å². The summed E-state index contributed by atoms with van der Waals surface area (Å²) < 4.78 is 34.4. The Bertz CT molecular complexity index is 707. The van der Waals surface area contributed by atoms with Gasteiger partial charge >= 0.3 is 6.61 Å². The Labute approximate surface area is 120 Å². The normalized spacial score (nSPS) is 11.0. The van der Waals surface area contributed by atoms with Gasteiger partial charge in [-0.3, -0.25) is 0 Å². The molecule has 108 valence electrons. The van der Waals surface area contributed by atoms with Crippen LogP contribution in [0.5, 0.6) is 5.75 Å². The van der Waals surface area contributed by atoms with Gasteiger partial charge in [-0.05, 0) is 24.3 Å². The maximum Gasteiger partial charge on any atom is 0.387 e. The lowest BCUT2D eigenvalue weighted by Crippen LogP contribution is -2.03. The number of furan rings is 1. The van der Waals surface area contributed by atoms with Gasteiger partial charge in [-0.2, -0.15) is 8.78 Å². The molecule has 2 aromatic carbocycles. The van der Waals surface area contributed by atoms with Crippen LogP contribution in [0.25, 0.3) is 11.0 Å². The maximum absolute atomic E-state index is 12.2. The minimum Gasteiger partial charge on any atom is -0.459 e. The van der Waals surface area contributed by atoms with E-state index in [4.69, 9.17) is 4.42 Å². The minimum atomic E-state index is -2.82. The van der Waals surface area contributed by atoms with Gasteiger partial charge in [0.2, 0.25) is 0 Å². The third kappa shape index (κ3) is 3.31. The molecule has 1 aromatic heterocycles.